The number of hydrogen-bond acceptors (Lipinski definition) is 5. The van der Waals surface area contributed by atoms with E-state index in [0.29, 0.717) is 25.3 Å². The van der Waals surface area contributed by atoms with Gasteiger partial charge in [-0.25, -0.2) is 4.79 Å². The quantitative estimate of drug-likeness (QED) is 0.817. The summed E-state index contributed by atoms with van der Waals surface area (Å²) < 4.78 is 5.07. The molecule has 1 aromatic rings. The summed E-state index contributed by atoms with van der Waals surface area (Å²) >= 11 is 0. The number of fused-ring (bicyclic) bond motifs is 1. The van der Waals surface area contributed by atoms with Gasteiger partial charge in [-0.1, -0.05) is 13.0 Å². The molecule has 3 N–H and O–H groups in total. The van der Waals surface area contributed by atoms with Gasteiger partial charge < -0.3 is 15.6 Å². The van der Waals surface area contributed by atoms with Gasteiger partial charge in [-0.3, -0.25) is 4.90 Å². The SMILES string of the molecule is Cc1c([C@@H](O)CN2CCC(C)(CN)C2)ccc2c1COC2=O.Cl. The monoisotopic (exact) mass is 340 g/mol. The van der Waals surface area contributed by atoms with Gasteiger partial charge in [0.15, 0.2) is 0 Å². The van der Waals surface area contributed by atoms with Crippen LogP contribution < -0.4 is 5.73 Å². The van der Waals surface area contributed by atoms with E-state index in [1.807, 2.05) is 13.0 Å². The lowest BCUT2D eigenvalue weighted by atomic mass is 9.90. The summed E-state index contributed by atoms with van der Waals surface area (Å²) in [6.45, 7) is 7.63. The summed E-state index contributed by atoms with van der Waals surface area (Å²) in [6.07, 6.45) is 0.517. The van der Waals surface area contributed by atoms with Gasteiger partial charge >= 0.3 is 5.97 Å². The lowest BCUT2D eigenvalue weighted by Gasteiger charge is -2.25. The Balaban J connectivity index is 0.00000192. The van der Waals surface area contributed by atoms with Crippen LogP contribution in [0.5, 0.6) is 0 Å². The lowest BCUT2D eigenvalue weighted by molar-refractivity contribution is 0.0535. The summed E-state index contributed by atoms with van der Waals surface area (Å²) in [6, 6.07) is 3.62. The zero-order chi connectivity index (χ0) is 15.9. The molecule has 0 spiro atoms. The molecule has 23 heavy (non-hydrogen) atoms. The first kappa shape index (κ1) is 18.2. The minimum absolute atomic E-state index is 0. The average molecular weight is 341 g/mol. The fraction of sp³-hybridized carbons (Fsp3) is 0.588. The van der Waals surface area contributed by atoms with Crippen LogP contribution in [0.4, 0.5) is 0 Å². The number of halogens is 1. The standard InChI is InChI=1S/C17H24N2O3.ClH/c1-11-12(3-4-13-14(11)8-22-16(13)21)15(20)7-19-6-5-17(2,9-18)10-19;/h3-4,15,20H,5-10,18H2,1-2H3;1H/t15-,17?;/m0./s1. The van der Waals surface area contributed by atoms with Crippen molar-refractivity contribution in [1.82, 2.24) is 4.90 Å². The largest absolute Gasteiger partial charge is 0.457 e. The number of carbonyl (C=O) groups is 1. The van der Waals surface area contributed by atoms with Gasteiger partial charge in [0.2, 0.25) is 0 Å². The number of benzene rings is 1. The van der Waals surface area contributed by atoms with E-state index < -0.39 is 6.10 Å². The summed E-state index contributed by atoms with van der Waals surface area (Å²) in [5, 5.41) is 10.6. The van der Waals surface area contributed by atoms with Crippen molar-refractivity contribution in [3.8, 4) is 0 Å². The molecule has 0 aromatic heterocycles. The zero-order valence-corrected chi connectivity index (χ0v) is 14.5. The van der Waals surface area contributed by atoms with Crippen LogP contribution in [0.25, 0.3) is 0 Å². The van der Waals surface area contributed by atoms with E-state index >= 15 is 0 Å². The number of hydrogen-bond donors (Lipinski definition) is 2. The van der Waals surface area contributed by atoms with E-state index in [2.05, 4.69) is 11.8 Å². The number of nitrogens with two attached hydrogens (primary N) is 1. The average Bonchev–Trinajstić information content (AvgIpc) is 3.05. The smallest absolute Gasteiger partial charge is 0.338 e. The fourth-order valence-electron chi connectivity index (χ4n) is 3.52. The van der Waals surface area contributed by atoms with Gasteiger partial charge in [0, 0.05) is 18.7 Å². The van der Waals surface area contributed by atoms with Crippen LogP contribution in [0.2, 0.25) is 0 Å². The molecule has 1 unspecified atom stereocenters. The highest BCUT2D eigenvalue weighted by Gasteiger charge is 2.34. The predicted molar refractivity (Wildman–Crippen MR) is 90.7 cm³/mol. The van der Waals surface area contributed by atoms with Gasteiger partial charge in [-0.15, -0.1) is 12.4 Å². The maximum absolute atomic E-state index is 11.6. The van der Waals surface area contributed by atoms with Crippen molar-refractivity contribution in [2.45, 2.75) is 33.0 Å². The van der Waals surface area contributed by atoms with Crippen LogP contribution in [0.15, 0.2) is 12.1 Å². The molecule has 2 atom stereocenters. The van der Waals surface area contributed by atoms with Crippen LogP contribution in [-0.4, -0.2) is 42.2 Å². The van der Waals surface area contributed by atoms with Gasteiger partial charge in [0.05, 0.1) is 11.7 Å². The summed E-state index contributed by atoms with van der Waals surface area (Å²) in [7, 11) is 0. The number of nitrogens with zero attached hydrogens (tertiary/aromatic N) is 1. The molecule has 0 bridgehead atoms. The number of cyclic esters (lactones) is 1. The highest BCUT2D eigenvalue weighted by Crippen LogP contribution is 2.32. The number of aliphatic hydroxyl groups is 1. The first-order valence-corrected chi connectivity index (χ1v) is 7.83. The molecule has 0 radical (unpaired) electrons. The number of β-amino-alcohol motifs (C(OH)–C–C–N with tert-alkyl or cyclic N) is 1. The van der Waals surface area contributed by atoms with Crippen molar-refractivity contribution in [1.29, 1.82) is 0 Å². The molecule has 1 fully saturated rings. The Hall–Kier alpha value is -1.14. The second-order valence-electron chi connectivity index (χ2n) is 6.90. The number of carbonyl (C=O) groups excluding carboxylic acids is 1. The van der Waals surface area contributed by atoms with Crippen molar-refractivity contribution in [3.63, 3.8) is 0 Å². The number of esters is 1. The molecule has 0 saturated carbocycles. The van der Waals surface area contributed by atoms with E-state index in [9.17, 15) is 9.90 Å². The molecular weight excluding hydrogens is 316 g/mol. The van der Waals surface area contributed by atoms with Crippen molar-refractivity contribution < 1.29 is 14.6 Å². The fourth-order valence-corrected chi connectivity index (χ4v) is 3.52. The molecule has 0 aliphatic carbocycles. The Labute approximate surface area is 143 Å². The number of aliphatic hydroxyl groups excluding tert-OH is 1. The number of rotatable bonds is 4. The van der Waals surface area contributed by atoms with E-state index in [4.69, 9.17) is 10.5 Å². The highest BCUT2D eigenvalue weighted by atomic mass is 35.5. The van der Waals surface area contributed by atoms with Crippen LogP contribution in [0.3, 0.4) is 0 Å². The Morgan fingerprint density at radius 3 is 2.87 bits per heavy atom. The molecule has 1 saturated heterocycles. The molecule has 2 aliphatic heterocycles. The first-order chi connectivity index (χ1) is 10.4. The molecule has 2 aliphatic rings. The van der Waals surface area contributed by atoms with Gasteiger partial charge in [-0.05, 0) is 49.0 Å². The molecule has 2 heterocycles. The van der Waals surface area contributed by atoms with Crippen molar-refractivity contribution >= 4 is 18.4 Å². The molecule has 128 valence electrons. The van der Waals surface area contributed by atoms with Gasteiger partial charge in [0.1, 0.15) is 6.61 Å². The maximum atomic E-state index is 11.6. The summed E-state index contributed by atoms with van der Waals surface area (Å²) in [5.74, 6) is -0.266. The molecule has 6 heteroatoms. The van der Waals surface area contributed by atoms with Gasteiger partial charge in [-0.2, -0.15) is 0 Å². The molecule has 3 rings (SSSR count). The Morgan fingerprint density at radius 2 is 2.22 bits per heavy atom. The van der Waals surface area contributed by atoms with E-state index in [-0.39, 0.29) is 23.8 Å². The van der Waals surface area contributed by atoms with E-state index in [0.717, 1.165) is 36.2 Å². The normalized spacial score (nSPS) is 25.0. The van der Waals surface area contributed by atoms with Gasteiger partial charge in [0.25, 0.3) is 0 Å². The first-order valence-electron chi connectivity index (χ1n) is 7.83. The minimum atomic E-state index is -0.555. The Kier molecular flexibility index (Phi) is 5.36. The topological polar surface area (TPSA) is 75.8 Å². The molecule has 1 aromatic carbocycles. The Bertz CT molecular complexity index is 608. The van der Waals surface area contributed by atoms with E-state index in [1.165, 1.54) is 0 Å². The van der Waals surface area contributed by atoms with Crippen molar-refractivity contribution in [2.24, 2.45) is 11.1 Å². The van der Waals surface area contributed by atoms with Crippen LogP contribution in [-0.2, 0) is 11.3 Å². The van der Waals surface area contributed by atoms with Crippen molar-refractivity contribution in [2.75, 3.05) is 26.2 Å². The van der Waals surface area contributed by atoms with Crippen LogP contribution in [0, 0.1) is 12.3 Å². The lowest BCUT2D eigenvalue weighted by Crippen LogP contribution is -2.33. The third-order valence-electron chi connectivity index (χ3n) is 5.13. The molecule has 5 nitrogen and oxygen atoms in total. The van der Waals surface area contributed by atoms with E-state index in [1.54, 1.807) is 6.07 Å². The maximum Gasteiger partial charge on any atom is 0.338 e. The zero-order valence-electron chi connectivity index (χ0n) is 13.7. The highest BCUT2D eigenvalue weighted by molar-refractivity contribution is 5.93. The van der Waals surface area contributed by atoms with Crippen LogP contribution in [0.1, 0.15) is 46.5 Å². The third-order valence-corrected chi connectivity index (χ3v) is 5.13. The van der Waals surface area contributed by atoms with Crippen LogP contribution >= 0.6 is 12.4 Å². The molecule has 0 amide bonds. The van der Waals surface area contributed by atoms with Crippen molar-refractivity contribution in [3.05, 3.63) is 34.4 Å². The number of likely N-dealkylation sites (tertiary alicyclic amines) is 1. The summed E-state index contributed by atoms with van der Waals surface area (Å²) in [5.41, 5.74) is 9.39. The second kappa shape index (κ2) is 6.77. The predicted octanol–water partition coefficient (Wildman–Crippen LogP) is 1.79. The number of ether oxygens (including phenoxy) is 1. The summed E-state index contributed by atoms with van der Waals surface area (Å²) in [4.78, 5) is 13.8. The molecular formula is C17H25ClN2O3. The second-order valence-corrected chi connectivity index (χ2v) is 6.90. The Morgan fingerprint density at radius 1 is 1.48 bits per heavy atom. The third kappa shape index (κ3) is 3.38. The minimum Gasteiger partial charge on any atom is -0.457 e.